The Hall–Kier alpha value is -1.32. The van der Waals surface area contributed by atoms with Gasteiger partial charge in [0.1, 0.15) is 0 Å². The van der Waals surface area contributed by atoms with Gasteiger partial charge in [-0.05, 0) is 30.8 Å². The molecule has 70 valence electrons. The summed E-state index contributed by atoms with van der Waals surface area (Å²) in [6.07, 6.45) is 2.07. The van der Waals surface area contributed by atoms with Gasteiger partial charge in [-0.1, -0.05) is 5.57 Å². The summed E-state index contributed by atoms with van der Waals surface area (Å²) in [5.41, 5.74) is 0.732. The van der Waals surface area contributed by atoms with Crippen LogP contribution in [0.15, 0.2) is 11.1 Å². The highest BCUT2D eigenvalue weighted by molar-refractivity contribution is 5.94. The topological polar surface area (TPSA) is 80.3 Å². The van der Waals surface area contributed by atoms with Gasteiger partial charge in [0.05, 0.1) is 5.97 Å². The summed E-state index contributed by atoms with van der Waals surface area (Å²) in [4.78, 5) is 21.3. The molecule has 2 rings (SSSR count). The van der Waals surface area contributed by atoms with E-state index >= 15 is 0 Å². The number of carboxylic acids is 2. The molecule has 0 aromatic carbocycles. The molecule has 0 aromatic heterocycles. The van der Waals surface area contributed by atoms with Gasteiger partial charge in [-0.2, -0.15) is 0 Å². The summed E-state index contributed by atoms with van der Waals surface area (Å²) in [5, 5.41) is 21.3. The zero-order chi connectivity index (χ0) is 9.59. The average Bonchev–Trinajstić information content (AvgIpc) is 2.60. The van der Waals surface area contributed by atoms with Crippen LogP contribution in [0.25, 0.3) is 0 Å². The molecule has 1 saturated carbocycles. The van der Waals surface area contributed by atoms with Gasteiger partial charge in [0.2, 0.25) is 0 Å². The van der Waals surface area contributed by atoms with E-state index in [2.05, 4.69) is 0 Å². The number of rotatable bonds is 2. The quantitative estimate of drug-likeness (QED) is 0.502. The maximum Gasteiger partial charge on any atom is 0.0681 e. The minimum absolute atomic E-state index is 0.0174. The van der Waals surface area contributed by atoms with Crippen molar-refractivity contribution in [3.05, 3.63) is 11.1 Å². The van der Waals surface area contributed by atoms with Crippen LogP contribution in [0.4, 0.5) is 0 Å². The minimum atomic E-state index is -1.34. The Morgan fingerprint density at radius 3 is 2.46 bits per heavy atom. The van der Waals surface area contributed by atoms with Gasteiger partial charge in [-0.25, -0.2) is 0 Å². The molecule has 2 aliphatic carbocycles. The Kier molecular flexibility index (Phi) is 1.65. The van der Waals surface area contributed by atoms with E-state index in [0.29, 0.717) is 12.8 Å². The van der Waals surface area contributed by atoms with Crippen LogP contribution in [0.1, 0.15) is 19.3 Å². The Bertz CT molecular complexity index is 316. The van der Waals surface area contributed by atoms with E-state index in [9.17, 15) is 19.8 Å². The molecule has 2 bridgehead atoms. The van der Waals surface area contributed by atoms with E-state index in [1.807, 2.05) is 0 Å². The number of hydrogen-bond donors (Lipinski definition) is 0. The number of carbonyl (C=O) groups is 2. The molecular weight excluding hydrogens is 172 g/mol. The fourth-order valence-electron chi connectivity index (χ4n) is 2.45. The molecule has 0 N–H and O–H groups in total. The monoisotopic (exact) mass is 180 g/mol. The molecule has 0 aromatic rings. The fraction of sp³-hybridized carbons (Fsp3) is 0.556. The number of hydrogen-bond acceptors (Lipinski definition) is 4. The summed E-state index contributed by atoms with van der Waals surface area (Å²) in [6, 6.07) is 0. The van der Waals surface area contributed by atoms with Crippen molar-refractivity contribution in [1.82, 2.24) is 0 Å². The third-order valence-electron chi connectivity index (χ3n) is 2.96. The lowest BCUT2D eigenvalue weighted by Crippen LogP contribution is -2.40. The largest absolute Gasteiger partial charge is 0.549 e. The van der Waals surface area contributed by atoms with Crippen molar-refractivity contribution in [2.75, 3.05) is 0 Å². The van der Waals surface area contributed by atoms with Gasteiger partial charge >= 0.3 is 0 Å². The van der Waals surface area contributed by atoms with Gasteiger partial charge in [0.25, 0.3) is 0 Å². The predicted octanol–water partition coefficient (Wildman–Crippen LogP) is -1.79. The average molecular weight is 180 g/mol. The van der Waals surface area contributed by atoms with Crippen LogP contribution in [0.3, 0.4) is 0 Å². The molecular formula is C9H8O4-2. The molecule has 0 spiro atoms. The first-order valence-corrected chi connectivity index (χ1v) is 4.25. The molecule has 13 heavy (non-hydrogen) atoms. The lowest BCUT2D eigenvalue weighted by Gasteiger charge is -2.25. The molecule has 1 fully saturated rings. The zero-order valence-electron chi connectivity index (χ0n) is 6.91. The van der Waals surface area contributed by atoms with Crippen molar-refractivity contribution in [2.24, 2.45) is 11.8 Å². The maximum atomic E-state index is 10.7. The molecule has 0 radical (unpaired) electrons. The van der Waals surface area contributed by atoms with Crippen molar-refractivity contribution in [2.45, 2.75) is 19.3 Å². The second-order valence-corrected chi connectivity index (χ2v) is 3.60. The third kappa shape index (κ3) is 1.05. The molecule has 2 unspecified atom stereocenters. The van der Waals surface area contributed by atoms with Gasteiger partial charge in [-0.3, -0.25) is 0 Å². The lowest BCUT2D eigenvalue weighted by molar-refractivity contribution is -0.316. The fourth-order valence-corrected chi connectivity index (χ4v) is 2.45. The van der Waals surface area contributed by atoms with E-state index < -0.39 is 17.9 Å². The first-order valence-electron chi connectivity index (χ1n) is 4.25. The summed E-state index contributed by atoms with van der Waals surface area (Å²) in [7, 11) is 0. The molecule has 4 heteroatoms. The Labute approximate surface area is 74.9 Å². The first kappa shape index (κ1) is 8.29. The van der Waals surface area contributed by atoms with E-state index in [1.165, 1.54) is 0 Å². The number of aliphatic carboxylic acids is 2. The summed E-state index contributed by atoms with van der Waals surface area (Å²) in [5.74, 6) is -3.60. The zero-order valence-corrected chi connectivity index (χ0v) is 6.91. The predicted molar refractivity (Wildman–Crippen MR) is 37.9 cm³/mol. The number of fused-ring (bicyclic) bond motifs is 2. The standard InChI is InChI=1S/C9H10O4/c10-8(11)6-4-1-2-5(3-4)7(6)9(12)13/h4,6H,1-3H2,(H,10,11)(H,12,13)/p-2. The number of allylic oxidation sites excluding steroid dienone is 1. The minimum Gasteiger partial charge on any atom is -0.549 e. The molecule has 0 heterocycles. The van der Waals surface area contributed by atoms with Crippen molar-refractivity contribution < 1.29 is 19.8 Å². The third-order valence-corrected chi connectivity index (χ3v) is 2.96. The Morgan fingerprint density at radius 1 is 1.31 bits per heavy atom. The summed E-state index contributed by atoms with van der Waals surface area (Å²) < 4.78 is 0. The van der Waals surface area contributed by atoms with Crippen LogP contribution in [-0.4, -0.2) is 11.9 Å². The molecule has 0 aliphatic heterocycles. The van der Waals surface area contributed by atoms with Crippen LogP contribution in [0.2, 0.25) is 0 Å². The molecule has 2 atom stereocenters. The summed E-state index contributed by atoms with van der Waals surface area (Å²) in [6.45, 7) is 0. The van der Waals surface area contributed by atoms with E-state index in [1.54, 1.807) is 0 Å². The van der Waals surface area contributed by atoms with Crippen LogP contribution in [-0.2, 0) is 9.59 Å². The van der Waals surface area contributed by atoms with E-state index in [-0.39, 0.29) is 11.5 Å². The number of carboxylic acid groups (broad SMARTS) is 2. The van der Waals surface area contributed by atoms with E-state index in [4.69, 9.17) is 0 Å². The van der Waals surface area contributed by atoms with Crippen LogP contribution in [0, 0.1) is 11.8 Å². The second-order valence-electron chi connectivity index (χ2n) is 3.60. The van der Waals surface area contributed by atoms with Crippen molar-refractivity contribution in [3.63, 3.8) is 0 Å². The van der Waals surface area contributed by atoms with Crippen molar-refractivity contribution in [3.8, 4) is 0 Å². The van der Waals surface area contributed by atoms with Crippen LogP contribution in [0.5, 0.6) is 0 Å². The van der Waals surface area contributed by atoms with Crippen molar-refractivity contribution >= 4 is 11.9 Å². The normalized spacial score (nSPS) is 31.1. The number of carbonyl (C=O) groups excluding carboxylic acids is 2. The highest BCUT2D eigenvalue weighted by Gasteiger charge is 2.40. The van der Waals surface area contributed by atoms with E-state index in [0.717, 1.165) is 12.0 Å². The SMILES string of the molecule is O=C([O-])C1=C2CCC(C2)C1C(=O)[O-]. The van der Waals surface area contributed by atoms with Gasteiger partial charge in [0, 0.05) is 11.9 Å². The Morgan fingerprint density at radius 2 is 2.00 bits per heavy atom. The van der Waals surface area contributed by atoms with Crippen LogP contribution >= 0.6 is 0 Å². The van der Waals surface area contributed by atoms with Gasteiger partial charge in [0.15, 0.2) is 0 Å². The van der Waals surface area contributed by atoms with Gasteiger partial charge < -0.3 is 19.8 Å². The highest BCUT2D eigenvalue weighted by atomic mass is 16.4. The smallest absolute Gasteiger partial charge is 0.0681 e. The van der Waals surface area contributed by atoms with Crippen LogP contribution < -0.4 is 10.2 Å². The second kappa shape index (κ2) is 2.58. The summed E-state index contributed by atoms with van der Waals surface area (Å²) >= 11 is 0. The maximum absolute atomic E-state index is 10.7. The molecule has 0 saturated heterocycles. The lowest BCUT2D eigenvalue weighted by atomic mass is 9.86. The Balaban J connectivity index is 2.40. The van der Waals surface area contributed by atoms with Crippen molar-refractivity contribution in [1.29, 1.82) is 0 Å². The molecule has 2 aliphatic rings. The first-order chi connectivity index (χ1) is 6.11. The molecule has 4 nitrogen and oxygen atoms in total. The highest BCUT2D eigenvalue weighted by Crippen LogP contribution is 2.47. The molecule has 0 amide bonds. The van der Waals surface area contributed by atoms with Gasteiger partial charge in [-0.15, -0.1) is 0 Å².